The van der Waals surface area contributed by atoms with E-state index in [0.717, 1.165) is 32.5 Å². The highest BCUT2D eigenvalue weighted by atomic mass is 16.2. The van der Waals surface area contributed by atoms with Gasteiger partial charge in [-0.25, -0.2) is 0 Å². The molecule has 31 heavy (non-hydrogen) atoms. The van der Waals surface area contributed by atoms with Gasteiger partial charge in [-0.2, -0.15) is 0 Å². The maximum absolute atomic E-state index is 12.3. The molecular weight excluding hydrogens is 388 g/mol. The fourth-order valence-electron chi connectivity index (χ4n) is 3.93. The topological polar surface area (TPSA) is 64.7 Å². The summed E-state index contributed by atoms with van der Waals surface area (Å²) in [5.41, 5.74) is 2.46. The molecule has 166 valence electrons. The lowest BCUT2D eigenvalue weighted by Crippen LogP contribution is -2.55. The van der Waals surface area contributed by atoms with Crippen molar-refractivity contribution in [2.24, 2.45) is 0 Å². The van der Waals surface area contributed by atoms with Gasteiger partial charge in [0.2, 0.25) is 11.8 Å². The van der Waals surface area contributed by atoms with E-state index in [4.69, 9.17) is 0 Å². The standard InChI is InChI=1S/C25H34N4O2/c1-21-18-28(19-24(30)26-14-12-22-8-4-2-5-9-22)16-17-29(21)20-25(31)27-15-13-23-10-6-3-7-11-23/h2-11,21H,12-20H2,1H3,(H,26,30)(H,27,31). The number of hydrogen-bond donors (Lipinski definition) is 2. The number of amides is 2. The van der Waals surface area contributed by atoms with Crippen LogP contribution >= 0.6 is 0 Å². The van der Waals surface area contributed by atoms with Crippen LogP contribution in [0.2, 0.25) is 0 Å². The Morgan fingerprint density at radius 3 is 1.84 bits per heavy atom. The maximum atomic E-state index is 12.3. The molecule has 2 N–H and O–H groups in total. The first-order valence-electron chi connectivity index (χ1n) is 11.2. The van der Waals surface area contributed by atoms with E-state index in [-0.39, 0.29) is 17.9 Å². The molecule has 0 radical (unpaired) electrons. The first-order chi connectivity index (χ1) is 15.1. The number of benzene rings is 2. The Balaban J connectivity index is 1.30. The third-order valence-corrected chi connectivity index (χ3v) is 5.72. The molecule has 0 spiro atoms. The lowest BCUT2D eigenvalue weighted by Gasteiger charge is -2.39. The summed E-state index contributed by atoms with van der Waals surface area (Å²) in [6, 6.07) is 20.6. The smallest absolute Gasteiger partial charge is 0.234 e. The van der Waals surface area contributed by atoms with Gasteiger partial charge in [-0.3, -0.25) is 19.4 Å². The molecule has 6 nitrogen and oxygen atoms in total. The van der Waals surface area contributed by atoms with Crippen LogP contribution in [-0.2, 0) is 22.4 Å². The Labute approximate surface area is 185 Å². The zero-order valence-corrected chi connectivity index (χ0v) is 18.4. The van der Waals surface area contributed by atoms with E-state index in [1.54, 1.807) is 0 Å². The Morgan fingerprint density at radius 1 is 0.806 bits per heavy atom. The monoisotopic (exact) mass is 422 g/mol. The summed E-state index contributed by atoms with van der Waals surface area (Å²) in [5, 5.41) is 6.04. The number of hydrogen-bond acceptors (Lipinski definition) is 4. The van der Waals surface area contributed by atoms with Gasteiger partial charge in [-0.1, -0.05) is 60.7 Å². The Hall–Kier alpha value is -2.70. The quantitative estimate of drug-likeness (QED) is 0.612. The van der Waals surface area contributed by atoms with Crippen molar-refractivity contribution in [2.45, 2.75) is 25.8 Å². The molecule has 0 bridgehead atoms. The maximum Gasteiger partial charge on any atom is 0.234 e. The van der Waals surface area contributed by atoms with E-state index in [1.807, 2.05) is 36.4 Å². The summed E-state index contributed by atoms with van der Waals surface area (Å²) >= 11 is 0. The molecule has 0 aromatic heterocycles. The number of rotatable bonds is 10. The van der Waals surface area contributed by atoms with Crippen LogP contribution in [0.4, 0.5) is 0 Å². The molecule has 1 unspecified atom stereocenters. The minimum absolute atomic E-state index is 0.0647. The minimum Gasteiger partial charge on any atom is -0.355 e. The van der Waals surface area contributed by atoms with Crippen molar-refractivity contribution in [2.75, 3.05) is 45.8 Å². The van der Waals surface area contributed by atoms with Crippen LogP contribution in [0.15, 0.2) is 60.7 Å². The lowest BCUT2D eigenvalue weighted by atomic mass is 10.1. The highest BCUT2D eigenvalue weighted by Crippen LogP contribution is 2.09. The van der Waals surface area contributed by atoms with E-state index in [2.05, 4.69) is 51.6 Å². The van der Waals surface area contributed by atoms with Crippen molar-refractivity contribution < 1.29 is 9.59 Å². The van der Waals surface area contributed by atoms with Gasteiger partial charge in [0.15, 0.2) is 0 Å². The van der Waals surface area contributed by atoms with Crippen LogP contribution in [0.25, 0.3) is 0 Å². The van der Waals surface area contributed by atoms with E-state index >= 15 is 0 Å². The van der Waals surface area contributed by atoms with E-state index in [1.165, 1.54) is 11.1 Å². The fourth-order valence-corrected chi connectivity index (χ4v) is 3.93. The average Bonchev–Trinajstić information content (AvgIpc) is 2.77. The largest absolute Gasteiger partial charge is 0.355 e. The predicted molar refractivity (Wildman–Crippen MR) is 124 cm³/mol. The zero-order valence-electron chi connectivity index (χ0n) is 18.4. The van der Waals surface area contributed by atoms with Gasteiger partial charge in [-0.15, -0.1) is 0 Å². The summed E-state index contributed by atoms with van der Waals surface area (Å²) in [4.78, 5) is 29.0. The number of carbonyl (C=O) groups excluding carboxylic acids is 2. The third kappa shape index (κ3) is 8.15. The minimum atomic E-state index is 0.0647. The Kier molecular flexibility index (Phi) is 9.06. The summed E-state index contributed by atoms with van der Waals surface area (Å²) < 4.78 is 0. The molecule has 2 aromatic carbocycles. The normalized spacial score (nSPS) is 17.3. The van der Waals surface area contributed by atoms with Gasteiger partial charge < -0.3 is 10.6 Å². The number of nitrogens with one attached hydrogen (secondary N) is 2. The molecular formula is C25H34N4O2. The fraction of sp³-hybridized carbons (Fsp3) is 0.440. The molecule has 2 amide bonds. The third-order valence-electron chi connectivity index (χ3n) is 5.72. The van der Waals surface area contributed by atoms with Crippen molar-refractivity contribution in [1.82, 2.24) is 20.4 Å². The molecule has 1 saturated heterocycles. The summed E-state index contributed by atoms with van der Waals surface area (Å²) in [5.74, 6) is 0.130. The number of nitrogens with zero attached hydrogens (tertiary/aromatic N) is 2. The van der Waals surface area contributed by atoms with Gasteiger partial charge >= 0.3 is 0 Å². The molecule has 3 rings (SSSR count). The molecule has 1 aliphatic heterocycles. The highest BCUT2D eigenvalue weighted by molar-refractivity contribution is 5.78. The van der Waals surface area contributed by atoms with Crippen LogP contribution < -0.4 is 10.6 Å². The van der Waals surface area contributed by atoms with E-state index < -0.39 is 0 Å². The van der Waals surface area contributed by atoms with Crippen LogP contribution in [0.5, 0.6) is 0 Å². The summed E-state index contributed by atoms with van der Waals surface area (Å²) in [6.07, 6.45) is 1.69. The van der Waals surface area contributed by atoms with Crippen molar-refractivity contribution in [3.8, 4) is 0 Å². The molecule has 0 aliphatic carbocycles. The van der Waals surface area contributed by atoms with Crippen LogP contribution in [0.1, 0.15) is 18.1 Å². The first kappa shape index (κ1) is 23.0. The van der Waals surface area contributed by atoms with Gasteiger partial charge in [-0.05, 0) is 30.9 Å². The number of carbonyl (C=O) groups is 2. The zero-order chi connectivity index (χ0) is 21.9. The van der Waals surface area contributed by atoms with Crippen LogP contribution in [-0.4, -0.2) is 73.5 Å². The van der Waals surface area contributed by atoms with Crippen LogP contribution in [0.3, 0.4) is 0 Å². The van der Waals surface area contributed by atoms with Crippen molar-refractivity contribution in [3.05, 3.63) is 71.8 Å². The van der Waals surface area contributed by atoms with E-state index in [9.17, 15) is 9.59 Å². The molecule has 2 aromatic rings. The molecule has 1 aliphatic rings. The Morgan fingerprint density at radius 2 is 1.32 bits per heavy atom. The molecule has 6 heteroatoms. The number of piperazine rings is 1. The summed E-state index contributed by atoms with van der Waals surface area (Å²) in [7, 11) is 0. The highest BCUT2D eigenvalue weighted by Gasteiger charge is 2.26. The van der Waals surface area contributed by atoms with Crippen molar-refractivity contribution in [1.29, 1.82) is 0 Å². The lowest BCUT2D eigenvalue weighted by molar-refractivity contribution is -0.125. The first-order valence-corrected chi connectivity index (χ1v) is 11.2. The Bertz CT molecular complexity index is 813. The second kappa shape index (κ2) is 12.2. The van der Waals surface area contributed by atoms with Gasteiger partial charge in [0, 0.05) is 38.8 Å². The average molecular weight is 423 g/mol. The van der Waals surface area contributed by atoms with Crippen molar-refractivity contribution >= 4 is 11.8 Å². The molecule has 0 saturated carbocycles. The molecule has 1 fully saturated rings. The van der Waals surface area contributed by atoms with Crippen LogP contribution in [0, 0.1) is 0 Å². The SMILES string of the molecule is CC1CN(CC(=O)NCCc2ccccc2)CCN1CC(=O)NCCc1ccccc1. The second-order valence-corrected chi connectivity index (χ2v) is 8.23. The van der Waals surface area contributed by atoms with Gasteiger partial charge in [0.05, 0.1) is 13.1 Å². The van der Waals surface area contributed by atoms with Gasteiger partial charge in [0.25, 0.3) is 0 Å². The molecule has 1 heterocycles. The van der Waals surface area contributed by atoms with E-state index in [0.29, 0.717) is 26.2 Å². The molecule has 1 atom stereocenters. The predicted octanol–water partition coefficient (Wildman–Crippen LogP) is 1.71. The summed E-state index contributed by atoms with van der Waals surface area (Å²) in [6.45, 7) is 6.64. The second-order valence-electron chi connectivity index (χ2n) is 8.23. The van der Waals surface area contributed by atoms with Gasteiger partial charge in [0.1, 0.15) is 0 Å². The van der Waals surface area contributed by atoms with Crippen molar-refractivity contribution in [3.63, 3.8) is 0 Å².